The lowest BCUT2D eigenvalue weighted by Crippen LogP contribution is -2.54. The van der Waals surface area contributed by atoms with Crippen LogP contribution in [0.15, 0.2) is 54.6 Å². The number of hydrogen-bond donors (Lipinski definition) is 1. The van der Waals surface area contributed by atoms with Crippen LogP contribution in [0.5, 0.6) is 11.5 Å². The molecule has 9 nitrogen and oxygen atoms in total. The molecule has 9 heteroatoms. The zero-order valence-corrected chi connectivity index (χ0v) is 18.0. The monoisotopic (exact) mass is 449 g/mol. The van der Waals surface area contributed by atoms with Crippen LogP contribution in [0.3, 0.4) is 0 Å². The number of aliphatic carboxylic acids is 1. The van der Waals surface area contributed by atoms with E-state index in [2.05, 4.69) is 11.9 Å². The number of barbiturate groups is 1. The fraction of sp³-hybridized carbons (Fsp3) is 0.167. The van der Waals surface area contributed by atoms with Crippen LogP contribution in [0.2, 0.25) is 0 Å². The number of amides is 4. The van der Waals surface area contributed by atoms with Gasteiger partial charge in [0.05, 0.1) is 18.8 Å². The summed E-state index contributed by atoms with van der Waals surface area (Å²) in [5.41, 5.74) is 1.93. The first-order valence-corrected chi connectivity index (χ1v) is 9.87. The molecule has 0 atom stereocenters. The summed E-state index contributed by atoms with van der Waals surface area (Å²) in [7, 11) is 1.37. The number of nitrogens with one attached hydrogen (secondary N) is 1. The summed E-state index contributed by atoms with van der Waals surface area (Å²) >= 11 is 0. The van der Waals surface area contributed by atoms with Gasteiger partial charge in [0.15, 0.2) is 11.5 Å². The second kappa shape index (κ2) is 9.82. The van der Waals surface area contributed by atoms with E-state index in [1.54, 1.807) is 36.4 Å². The maximum absolute atomic E-state index is 13.1. The Bertz CT molecular complexity index is 1170. The van der Waals surface area contributed by atoms with E-state index in [9.17, 15) is 24.3 Å². The Morgan fingerprint density at radius 2 is 1.88 bits per heavy atom. The zero-order valence-electron chi connectivity index (χ0n) is 18.0. The van der Waals surface area contributed by atoms with E-state index in [1.807, 2.05) is 6.92 Å². The van der Waals surface area contributed by atoms with Crippen molar-refractivity contribution in [1.29, 1.82) is 0 Å². The number of ether oxygens (including phenoxy) is 2. The molecular weight excluding hydrogens is 428 g/mol. The zero-order chi connectivity index (χ0) is 24.1. The molecule has 2 aromatic carbocycles. The van der Waals surface area contributed by atoms with E-state index >= 15 is 0 Å². The molecule has 1 heterocycles. The predicted octanol–water partition coefficient (Wildman–Crippen LogP) is 1.53. The standard InChI is InChI=1S/C24H22N2O7/c1-4-5-16-10-15(12-19(32-3)21(16)33-13-20(27)28)11-18-22(29)25-24(31)26(23(18)30)17-8-6-14(2)7-9-17/h4,6-12H,1,5,13H2,2-3H3,(H,27,28)(H,25,29,31)/p-1/b18-11+. The fourth-order valence-electron chi connectivity index (χ4n) is 3.27. The SMILES string of the molecule is C=CCc1cc(/C=C2\C(=O)NC(=O)N(c3ccc(C)cc3)C2=O)cc(OC)c1OCC(=O)[O-]. The van der Waals surface area contributed by atoms with Crippen LogP contribution in [0.4, 0.5) is 10.5 Å². The fourth-order valence-corrected chi connectivity index (χ4v) is 3.27. The summed E-state index contributed by atoms with van der Waals surface area (Å²) in [4.78, 5) is 49.6. The Hall–Kier alpha value is -4.40. The molecule has 1 N–H and O–H groups in total. The van der Waals surface area contributed by atoms with Gasteiger partial charge >= 0.3 is 6.03 Å². The van der Waals surface area contributed by atoms with Gasteiger partial charge in [0.2, 0.25) is 0 Å². The van der Waals surface area contributed by atoms with E-state index in [1.165, 1.54) is 19.3 Å². The molecule has 0 radical (unpaired) electrons. The Kier molecular flexibility index (Phi) is 6.92. The van der Waals surface area contributed by atoms with Gasteiger partial charge in [0.25, 0.3) is 11.8 Å². The predicted molar refractivity (Wildman–Crippen MR) is 118 cm³/mol. The third kappa shape index (κ3) is 5.09. The maximum Gasteiger partial charge on any atom is 0.335 e. The van der Waals surface area contributed by atoms with Gasteiger partial charge in [-0.3, -0.25) is 14.9 Å². The second-order valence-electron chi connectivity index (χ2n) is 7.16. The summed E-state index contributed by atoms with van der Waals surface area (Å²) in [5, 5.41) is 13.0. The molecule has 2 aromatic rings. The van der Waals surface area contributed by atoms with Crippen LogP contribution in [0, 0.1) is 6.92 Å². The lowest BCUT2D eigenvalue weighted by atomic mass is 10.0. The highest BCUT2D eigenvalue weighted by molar-refractivity contribution is 6.39. The largest absolute Gasteiger partial charge is 0.546 e. The van der Waals surface area contributed by atoms with Gasteiger partial charge in [-0.25, -0.2) is 9.69 Å². The Labute approximate surface area is 189 Å². The van der Waals surface area contributed by atoms with Crippen molar-refractivity contribution >= 4 is 35.6 Å². The molecular formula is C24H21N2O7-. The minimum atomic E-state index is -1.40. The molecule has 0 saturated carbocycles. The average molecular weight is 449 g/mol. The smallest absolute Gasteiger partial charge is 0.335 e. The molecule has 33 heavy (non-hydrogen) atoms. The molecule has 1 aliphatic heterocycles. The first kappa shape index (κ1) is 23.3. The topological polar surface area (TPSA) is 125 Å². The van der Waals surface area contributed by atoms with Crippen molar-refractivity contribution in [3.8, 4) is 11.5 Å². The minimum absolute atomic E-state index is 0.180. The van der Waals surface area contributed by atoms with Gasteiger partial charge in [0.1, 0.15) is 12.2 Å². The number of imide groups is 2. The molecule has 0 spiro atoms. The van der Waals surface area contributed by atoms with Crippen LogP contribution in [0.25, 0.3) is 6.08 Å². The summed E-state index contributed by atoms with van der Waals surface area (Å²) in [6, 6.07) is 8.94. The van der Waals surface area contributed by atoms with Crippen molar-refractivity contribution in [2.24, 2.45) is 0 Å². The number of allylic oxidation sites excluding steroid dienone is 1. The maximum atomic E-state index is 13.1. The lowest BCUT2D eigenvalue weighted by molar-refractivity contribution is -0.307. The van der Waals surface area contributed by atoms with E-state index in [0.29, 0.717) is 23.2 Å². The van der Waals surface area contributed by atoms with Crippen LogP contribution in [-0.2, 0) is 20.8 Å². The van der Waals surface area contributed by atoms with Crippen LogP contribution in [0.1, 0.15) is 16.7 Å². The van der Waals surface area contributed by atoms with Crippen molar-refractivity contribution in [2.75, 3.05) is 18.6 Å². The summed E-state index contributed by atoms with van der Waals surface area (Å²) in [6.45, 7) is 4.85. The molecule has 0 unspecified atom stereocenters. The number of aryl methyl sites for hydroxylation is 1. The minimum Gasteiger partial charge on any atom is -0.546 e. The number of methoxy groups -OCH3 is 1. The van der Waals surface area contributed by atoms with Gasteiger partial charge in [0, 0.05) is 5.56 Å². The number of nitrogens with zero attached hydrogens (tertiary/aromatic N) is 1. The highest BCUT2D eigenvalue weighted by Crippen LogP contribution is 2.34. The highest BCUT2D eigenvalue weighted by atomic mass is 16.5. The molecule has 0 aromatic heterocycles. The van der Waals surface area contributed by atoms with Gasteiger partial charge < -0.3 is 19.4 Å². The first-order chi connectivity index (χ1) is 15.7. The van der Waals surface area contributed by atoms with E-state index in [4.69, 9.17) is 9.47 Å². The van der Waals surface area contributed by atoms with Crippen molar-refractivity contribution in [3.05, 3.63) is 71.3 Å². The molecule has 4 amide bonds. The van der Waals surface area contributed by atoms with E-state index in [-0.39, 0.29) is 17.1 Å². The van der Waals surface area contributed by atoms with E-state index < -0.39 is 30.4 Å². The Morgan fingerprint density at radius 1 is 1.18 bits per heavy atom. The number of carbonyl (C=O) groups is 4. The van der Waals surface area contributed by atoms with Crippen LogP contribution >= 0.6 is 0 Å². The van der Waals surface area contributed by atoms with Gasteiger partial charge in [-0.1, -0.05) is 23.8 Å². The molecule has 3 rings (SSSR count). The number of carboxylic acid groups (broad SMARTS) is 1. The van der Waals surface area contributed by atoms with Gasteiger partial charge in [-0.2, -0.15) is 0 Å². The number of carboxylic acids is 1. The highest BCUT2D eigenvalue weighted by Gasteiger charge is 2.36. The van der Waals surface area contributed by atoms with Crippen LogP contribution < -0.4 is 24.8 Å². The molecule has 0 bridgehead atoms. The Balaban J connectivity index is 2.04. The third-order valence-electron chi connectivity index (χ3n) is 4.78. The molecule has 1 fully saturated rings. The second-order valence-corrected chi connectivity index (χ2v) is 7.16. The molecule has 0 aliphatic carbocycles. The Morgan fingerprint density at radius 3 is 2.48 bits per heavy atom. The third-order valence-corrected chi connectivity index (χ3v) is 4.78. The van der Waals surface area contributed by atoms with Crippen molar-refractivity contribution in [2.45, 2.75) is 13.3 Å². The molecule has 1 aliphatic rings. The molecule has 170 valence electrons. The van der Waals surface area contributed by atoms with E-state index in [0.717, 1.165) is 10.5 Å². The number of hydrogen-bond acceptors (Lipinski definition) is 7. The van der Waals surface area contributed by atoms with Crippen molar-refractivity contribution < 1.29 is 33.8 Å². The average Bonchev–Trinajstić information content (AvgIpc) is 2.76. The lowest BCUT2D eigenvalue weighted by Gasteiger charge is -2.26. The number of anilines is 1. The number of urea groups is 1. The normalized spacial score (nSPS) is 14.8. The summed E-state index contributed by atoms with van der Waals surface area (Å²) < 4.78 is 10.6. The number of rotatable bonds is 8. The first-order valence-electron chi connectivity index (χ1n) is 9.87. The number of benzene rings is 2. The summed E-state index contributed by atoms with van der Waals surface area (Å²) in [6.07, 6.45) is 3.20. The quantitative estimate of drug-likeness (QED) is 0.368. The van der Waals surface area contributed by atoms with Crippen molar-refractivity contribution in [1.82, 2.24) is 5.32 Å². The van der Waals surface area contributed by atoms with Crippen molar-refractivity contribution in [3.63, 3.8) is 0 Å². The number of carbonyl (C=O) groups excluding carboxylic acids is 4. The summed E-state index contributed by atoms with van der Waals surface area (Å²) in [5.74, 6) is -2.65. The molecule has 1 saturated heterocycles. The van der Waals surface area contributed by atoms with Gasteiger partial charge in [-0.05, 0) is 49.2 Å². The van der Waals surface area contributed by atoms with Crippen LogP contribution in [-0.4, -0.2) is 37.5 Å². The van der Waals surface area contributed by atoms with Gasteiger partial charge in [-0.15, -0.1) is 6.58 Å².